The maximum absolute atomic E-state index is 9.21. The third-order valence-corrected chi connectivity index (χ3v) is 5.36. The van der Waals surface area contributed by atoms with Crippen molar-refractivity contribution in [1.82, 2.24) is 0 Å². The van der Waals surface area contributed by atoms with Gasteiger partial charge in [0, 0.05) is 0 Å². The zero-order chi connectivity index (χ0) is 10.4. The quantitative estimate of drug-likeness (QED) is 0.597. The van der Waals surface area contributed by atoms with E-state index in [4.69, 9.17) is 0 Å². The van der Waals surface area contributed by atoms with Crippen molar-refractivity contribution >= 4 is 0 Å². The van der Waals surface area contributed by atoms with Crippen molar-refractivity contribution in [2.75, 3.05) is 0 Å². The van der Waals surface area contributed by atoms with Gasteiger partial charge in [0.1, 0.15) is 0 Å². The summed E-state index contributed by atoms with van der Waals surface area (Å²) < 4.78 is 0. The van der Waals surface area contributed by atoms with Crippen molar-refractivity contribution in [3.8, 4) is 6.07 Å². The van der Waals surface area contributed by atoms with Crippen LogP contribution in [0.1, 0.15) is 28.5 Å². The van der Waals surface area contributed by atoms with Gasteiger partial charge in [-0.25, -0.2) is 0 Å². The van der Waals surface area contributed by atoms with Gasteiger partial charge in [-0.3, -0.25) is 0 Å². The van der Waals surface area contributed by atoms with Crippen LogP contribution < -0.4 is 0 Å². The molecule has 2 saturated carbocycles. The van der Waals surface area contributed by atoms with Gasteiger partial charge in [0.2, 0.25) is 0 Å². The lowest BCUT2D eigenvalue weighted by atomic mass is 9.76. The molecule has 1 nitrogen and oxygen atoms in total. The van der Waals surface area contributed by atoms with Gasteiger partial charge >= 0.3 is 0 Å². The van der Waals surface area contributed by atoms with E-state index in [2.05, 4.69) is 30.4 Å². The Hall–Kier alpha value is -1.55. The molecule has 0 heterocycles. The summed E-state index contributed by atoms with van der Waals surface area (Å²) in [6.45, 7) is 0. The molecule has 4 aliphatic rings. The van der Waals surface area contributed by atoms with E-state index in [0.717, 1.165) is 41.1 Å². The molecule has 76 valence electrons. The van der Waals surface area contributed by atoms with E-state index in [1.807, 2.05) is 6.07 Å². The molecule has 0 radical (unpaired) electrons. The summed E-state index contributed by atoms with van der Waals surface area (Å²) in [5.74, 6) is 4.92. The Bertz CT molecular complexity index is 592. The topological polar surface area (TPSA) is 23.8 Å². The van der Waals surface area contributed by atoms with Gasteiger partial charge in [-0.2, -0.15) is 5.26 Å². The van der Waals surface area contributed by atoms with Crippen molar-refractivity contribution in [3.05, 3.63) is 47.0 Å². The van der Waals surface area contributed by atoms with Crippen molar-refractivity contribution in [3.63, 3.8) is 0 Å². The molecule has 0 amide bonds. The minimum absolute atomic E-state index is 0.738. The number of nitriles is 1. The van der Waals surface area contributed by atoms with Crippen LogP contribution in [0, 0.1) is 35.0 Å². The highest BCUT2D eigenvalue weighted by molar-refractivity contribution is 5.59. The lowest BCUT2D eigenvalue weighted by molar-refractivity contribution is 0.398. The van der Waals surface area contributed by atoms with Crippen molar-refractivity contribution < 1.29 is 0 Å². The summed E-state index contributed by atoms with van der Waals surface area (Å²) in [5, 5.41) is 9.21. The fourth-order valence-electron chi connectivity index (χ4n) is 4.83. The van der Waals surface area contributed by atoms with Crippen LogP contribution in [0.2, 0.25) is 0 Å². The summed E-state index contributed by atoms with van der Waals surface area (Å²) in [6, 6.07) is 8.70. The van der Waals surface area contributed by atoms with Gasteiger partial charge in [0.15, 0.2) is 0 Å². The third-order valence-electron chi connectivity index (χ3n) is 5.36. The predicted octanol–water partition coefficient (Wildman–Crippen LogP) is 2.80. The monoisotopic (exact) mass is 205 g/mol. The van der Waals surface area contributed by atoms with Crippen LogP contribution in [0.5, 0.6) is 0 Å². The molecule has 0 aliphatic heterocycles. The van der Waals surface area contributed by atoms with Crippen LogP contribution in [-0.4, -0.2) is 0 Å². The normalized spacial score (nSPS) is 47.7. The van der Waals surface area contributed by atoms with E-state index in [1.165, 1.54) is 11.1 Å². The molecule has 5 rings (SSSR count). The number of rotatable bonds is 0. The van der Waals surface area contributed by atoms with Gasteiger partial charge in [-0.05, 0) is 52.7 Å². The van der Waals surface area contributed by atoms with Crippen LogP contribution in [0.15, 0.2) is 30.4 Å². The van der Waals surface area contributed by atoms with Gasteiger partial charge < -0.3 is 0 Å². The molecule has 0 aromatic heterocycles. The first-order chi connectivity index (χ1) is 7.92. The average Bonchev–Trinajstić information content (AvgIpc) is 2.80. The van der Waals surface area contributed by atoms with Crippen molar-refractivity contribution in [2.45, 2.75) is 11.8 Å². The number of hydrogen-bond donors (Lipinski definition) is 0. The lowest BCUT2D eigenvalue weighted by Crippen LogP contribution is -2.19. The predicted molar refractivity (Wildman–Crippen MR) is 59.7 cm³/mol. The van der Waals surface area contributed by atoms with Crippen LogP contribution in [0.3, 0.4) is 0 Å². The molecule has 0 bridgehead atoms. The van der Waals surface area contributed by atoms with Gasteiger partial charge in [-0.15, -0.1) is 0 Å². The fourth-order valence-corrected chi connectivity index (χ4v) is 4.83. The van der Waals surface area contributed by atoms with Crippen molar-refractivity contribution in [2.24, 2.45) is 23.7 Å². The number of nitrogens with zero attached hydrogens (tertiary/aromatic N) is 1. The molecule has 1 aromatic carbocycles. The highest BCUT2D eigenvalue weighted by Crippen LogP contribution is 2.80. The number of fused-ring (bicyclic) bond motifs is 7. The van der Waals surface area contributed by atoms with Gasteiger partial charge in [0.05, 0.1) is 11.6 Å². The maximum atomic E-state index is 9.21. The molecule has 6 atom stereocenters. The highest BCUT2D eigenvalue weighted by atomic mass is 14.7. The van der Waals surface area contributed by atoms with E-state index in [1.54, 1.807) is 0 Å². The summed E-state index contributed by atoms with van der Waals surface area (Å²) in [6.07, 6.45) is 4.80. The third kappa shape index (κ3) is 0.571. The lowest BCUT2D eigenvalue weighted by Gasteiger charge is -2.28. The van der Waals surface area contributed by atoms with E-state index < -0.39 is 0 Å². The molecule has 0 unspecified atom stereocenters. The Morgan fingerprint density at radius 2 is 1.88 bits per heavy atom. The maximum Gasteiger partial charge on any atom is 0.0994 e. The molecule has 0 spiro atoms. The second-order valence-electron chi connectivity index (χ2n) is 5.67. The molecule has 0 saturated heterocycles. The zero-order valence-corrected chi connectivity index (χ0v) is 8.80. The second-order valence-corrected chi connectivity index (χ2v) is 5.67. The van der Waals surface area contributed by atoms with Crippen LogP contribution in [0.25, 0.3) is 0 Å². The zero-order valence-electron chi connectivity index (χ0n) is 8.80. The molecule has 1 heteroatoms. The summed E-state index contributed by atoms with van der Waals surface area (Å²) in [5.41, 5.74) is 3.86. The molecule has 0 N–H and O–H groups in total. The van der Waals surface area contributed by atoms with Crippen LogP contribution in [0.4, 0.5) is 0 Å². The largest absolute Gasteiger partial charge is 0.192 e. The Labute approximate surface area is 94.4 Å². The Morgan fingerprint density at radius 3 is 2.62 bits per heavy atom. The number of hydrogen-bond acceptors (Lipinski definition) is 1. The fraction of sp³-hybridized carbons (Fsp3) is 0.400. The summed E-state index contributed by atoms with van der Waals surface area (Å²) in [4.78, 5) is 0. The van der Waals surface area contributed by atoms with Gasteiger partial charge in [-0.1, -0.05) is 24.3 Å². The minimum Gasteiger partial charge on any atom is -0.192 e. The molecule has 16 heavy (non-hydrogen) atoms. The molecular weight excluding hydrogens is 194 g/mol. The van der Waals surface area contributed by atoms with E-state index in [0.29, 0.717) is 0 Å². The smallest absolute Gasteiger partial charge is 0.0994 e. The van der Waals surface area contributed by atoms with E-state index >= 15 is 0 Å². The average molecular weight is 205 g/mol. The molecular formula is C15H11N. The second kappa shape index (κ2) is 2.11. The minimum atomic E-state index is 0.738. The summed E-state index contributed by atoms with van der Waals surface area (Å²) >= 11 is 0. The van der Waals surface area contributed by atoms with Gasteiger partial charge in [0.25, 0.3) is 0 Å². The molecule has 1 aromatic rings. The Balaban J connectivity index is 1.80. The SMILES string of the molecule is N#Cc1cccc2c1[C@H]1[C@@H]3[C@@H]2[C@H]2C=C[C@H]2[C@@H]13. The Morgan fingerprint density at radius 1 is 1.00 bits per heavy atom. The number of allylic oxidation sites excluding steroid dienone is 2. The first kappa shape index (κ1) is 7.68. The first-order valence-electron chi connectivity index (χ1n) is 6.13. The van der Waals surface area contributed by atoms with E-state index in [-0.39, 0.29) is 0 Å². The number of benzene rings is 1. The molecule has 2 fully saturated rings. The van der Waals surface area contributed by atoms with Crippen molar-refractivity contribution in [1.29, 1.82) is 5.26 Å². The van der Waals surface area contributed by atoms with E-state index in [9.17, 15) is 5.26 Å². The Kier molecular flexibility index (Phi) is 1.01. The van der Waals surface area contributed by atoms with Crippen LogP contribution >= 0.6 is 0 Å². The highest BCUT2D eigenvalue weighted by Gasteiger charge is 2.72. The van der Waals surface area contributed by atoms with Crippen LogP contribution in [-0.2, 0) is 0 Å². The standard InChI is InChI=1S/C15H11N/c16-6-7-2-1-3-10-11(7)14-13-9-5-4-8(9)12(10)15(13)14/h1-5,8-9,12-15H/t8-,9+,12+,13-,14+,15+/m0/s1. The first-order valence-corrected chi connectivity index (χ1v) is 6.13. The summed E-state index contributed by atoms with van der Waals surface area (Å²) in [7, 11) is 0. The molecule has 4 aliphatic carbocycles.